The van der Waals surface area contributed by atoms with Gasteiger partial charge < -0.3 is 4.74 Å². The largest absolute Gasteiger partial charge is 0.497 e. The first-order valence-electron chi connectivity index (χ1n) is 5.96. The maximum atomic E-state index is 5.13. The second-order valence-corrected chi connectivity index (χ2v) is 4.07. The standard InChI is InChI=1S/C14H14N4O/c1-19-13-9-7-12(8-10-13)18-16-14(15-17-18)11-5-3-2-4-6-11/h2-10,17H,1H3,(H,15,16). The minimum absolute atomic E-state index is 0.788. The van der Waals surface area contributed by atoms with Crippen LogP contribution in [0.15, 0.2) is 59.7 Å². The molecule has 3 rings (SSSR count). The Morgan fingerprint density at radius 1 is 1.00 bits per heavy atom. The van der Waals surface area contributed by atoms with E-state index in [1.165, 1.54) is 0 Å². The molecule has 1 aliphatic rings. The predicted octanol–water partition coefficient (Wildman–Crippen LogP) is 1.89. The summed E-state index contributed by atoms with van der Waals surface area (Å²) < 4.78 is 5.13. The topological polar surface area (TPSA) is 48.9 Å². The van der Waals surface area contributed by atoms with Crippen LogP contribution < -0.4 is 20.8 Å². The number of benzene rings is 2. The highest BCUT2D eigenvalue weighted by Gasteiger charge is 2.16. The lowest BCUT2D eigenvalue weighted by Crippen LogP contribution is -2.41. The summed E-state index contributed by atoms with van der Waals surface area (Å²) in [4.78, 5) is 0. The first kappa shape index (κ1) is 11.4. The molecule has 0 aliphatic carbocycles. The Bertz CT molecular complexity index is 580. The average Bonchev–Trinajstić information content (AvgIpc) is 2.98. The molecule has 5 nitrogen and oxygen atoms in total. The van der Waals surface area contributed by atoms with Gasteiger partial charge in [-0.2, -0.15) is 10.7 Å². The zero-order valence-corrected chi connectivity index (χ0v) is 10.5. The second kappa shape index (κ2) is 4.89. The zero-order valence-electron chi connectivity index (χ0n) is 10.5. The molecular formula is C14H14N4O. The Balaban J connectivity index is 1.73. The van der Waals surface area contributed by atoms with Gasteiger partial charge in [-0.25, -0.2) is 0 Å². The van der Waals surface area contributed by atoms with E-state index in [0.717, 1.165) is 22.8 Å². The maximum Gasteiger partial charge on any atom is 0.175 e. The van der Waals surface area contributed by atoms with E-state index in [0.29, 0.717) is 0 Å². The van der Waals surface area contributed by atoms with Crippen molar-refractivity contribution in [3.63, 3.8) is 0 Å². The van der Waals surface area contributed by atoms with Crippen LogP contribution in [0, 0.1) is 0 Å². The molecule has 0 fully saturated rings. The van der Waals surface area contributed by atoms with Crippen molar-refractivity contribution in [2.24, 2.45) is 5.10 Å². The smallest absolute Gasteiger partial charge is 0.175 e. The van der Waals surface area contributed by atoms with E-state index in [1.807, 2.05) is 54.6 Å². The summed E-state index contributed by atoms with van der Waals surface area (Å²) in [5, 5.41) is 6.01. The molecule has 0 saturated heterocycles. The van der Waals surface area contributed by atoms with Crippen molar-refractivity contribution in [3.8, 4) is 5.75 Å². The van der Waals surface area contributed by atoms with Crippen molar-refractivity contribution in [2.45, 2.75) is 0 Å². The number of hydrazine groups is 2. The molecular weight excluding hydrogens is 240 g/mol. The predicted molar refractivity (Wildman–Crippen MR) is 74.7 cm³/mol. The average molecular weight is 254 g/mol. The molecule has 0 spiro atoms. The van der Waals surface area contributed by atoms with Crippen molar-refractivity contribution in [1.29, 1.82) is 0 Å². The monoisotopic (exact) mass is 254 g/mol. The number of rotatable bonds is 3. The Morgan fingerprint density at radius 3 is 2.42 bits per heavy atom. The maximum absolute atomic E-state index is 5.13. The van der Waals surface area contributed by atoms with Gasteiger partial charge in [0.15, 0.2) is 5.84 Å². The number of hydrazone groups is 1. The van der Waals surface area contributed by atoms with Gasteiger partial charge in [-0.15, -0.1) is 5.10 Å². The Hall–Kier alpha value is -2.69. The Kier molecular flexibility index (Phi) is 2.94. The number of anilines is 1. The van der Waals surface area contributed by atoms with Gasteiger partial charge in [-0.05, 0) is 24.3 Å². The molecule has 2 N–H and O–H groups in total. The van der Waals surface area contributed by atoms with Crippen LogP contribution in [0.25, 0.3) is 0 Å². The van der Waals surface area contributed by atoms with Crippen LogP contribution in [0.1, 0.15) is 5.56 Å². The van der Waals surface area contributed by atoms with E-state index in [9.17, 15) is 0 Å². The van der Waals surface area contributed by atoms with Crippen LogP contribution >= 0.6 is 0 Å². The van der Waals surface area contributed by atoms with E-state index in [1.54, 1.807) is 12.2 Å². The summed E-state index contributed by atoms with van der Waals surface area (Å²) in [6, 6.07) is 17.7. The molecule has 0 atom stereocenters. The first-order valence-corrected chi connectivity index (χ1v) is 5.96. The molecule has 2 aromatic rings. The third-order valence-electron chi connectivity index (χ3n) is 2.86. The molecule has 0 aromatic heterocycles. The van der Waals surface area contributed by atoms with E-state index in [4.69, 9.17) is 4.74 Å². The lowest BCUT2D eigenvalue weighted by Gasteiger charge is -2.18. The van der Waals surface area contributed by atoms with Crippen molar-refractivity contribution in [2.75, 3.05) is 12.2 Å². The fourth-order valence-corrected chi connectivity index (χ4v) is 1.83. The van der Waals surface area contributed by atoms with Crippen LogP contribution in [0.3, 0.4) is 0 Å². The molecule has 2 aromatic carbocycles. The number of nitrogens with zero attached hydrogens (tertiary/aromatic N) is 2. The lowest BCUT2D eigenvalue weighted by molar-refractivity contribution is 0.414. The quantitative estimate of drug-likeness (QED) is 0.878. The summed E-state index contributed by atoms with van der Waals surface area (Å²) in [6.07, 6.45) is 0. The normalized spacial score (nSPS) is 13.5. The molecule has 5 heteroatoms. The van der Waals surface area contributed by atoms with E-state index in [-0.39, 0.29) is 0 Å². The SMILES string of the molecule is COc1ccc(N2NN=C(c3ccccc3)N2)cc1. The molecule has 0 unspecified atom stereocenters. The van der Waals surface area contributed by atoms with E-state index >= 15 is 0 Å². The Labute approximate surface area is 111 Å². The molecule has 0 bridgehead atoms. The fourth-order valence-electron chi connectivity index (χ4n) is 1.83. The van der Waals surface area contributed by atoms with Gasteiger partial charge in [-0.1, -0.05) is 30.3 Å². The number of ether oxygens (including phenoxy) is 1. The van der Waals surface area contributed by atoms with Crippen molar-refractivity contribution >= 4 is 11.5 Å². The summed E-state index contributed by atoms with van der Waals surface area (Å²) >= 11 is 0. The van der Waals surface area contributed by atoms with Crippen LogP contribution in [0.4, 0.5) is 5.69 Å². The highest BCUT2D eigenvalue weighted by molar-refractivity contribution is 6.00. The van der Waals surface area contributed by atoms with Gasteiger partial charge in [0.25, 0.3) is 0 Å². The molecule has 1 heterocycles. The number of methoxy groups -OCH3 is 1. The zero-order chi connectivity index (χ0) is 13.1. The lowest BCUT2D eigenvalue weighted by atomic mass is 10.2. The van der Waals surface area contributed by atoms with E-state index < -0.39 is 0 Å². The molecule has 0 amide bonds. The molecule has 1 aliphatic heterocycles. The van der Waals surface area contributed by atoms with Crippen molar-refractivity contribution in [1.82, 2.24) is 11.0 Å². The van der Waals surface area contributed by atoms with Gasteiger partial charge in [0, 0.05) is 5.56 Å². The third-order valence-corrected chi connectivity index (χ3v) is 2.86. The summed E-state index contributed by atoms with van der Waals surface area (Å²) in [7, 11) is 1.65. The van der Waals surface area contributed by atoms with Gasteiger partial charge in [0.05, 0.1) is 12.8 Å². The number of amidine groups is 1. The summed E-state index contributed by atoms with van der Waals surface area (Å²) in [5.41, 5.74) is 8.11. The fraction of sp³-hybridized carbons (Fsp3) is 0.0714. The molecule has 0 saturated carbocycles. The summed E-state index contributed by atoms with van der Waals surface area (Å²) in [6.45, 7) is 0. The first-order chi connectivity index (χ1) is 9.36. The molecule has 19 heavy (non-hydrogen) atoms. The van der Waals surface area contributed by atoms with Gasteiger partial charge in [0.1, 0.15) is 5.75 Å². The summed E-state index contributed by atoms with van der Waals surface area (Å²) in [5.74, 6) is 1.61. The second-order valence-electron chi connectivity index (χ2n) is 4.07. The molecule has 0 radical (unpaired) electrons. The Morgan fingerprint density at radius 2 is 1.74 bits per heavy atom. The minimum Gasteiger partial charge on any atom is -0.497 e. The highest BCUT2D eigenvalue weighted by Crippen LogP contribution is 2.18. The van der Waals surface area contributed by atoms with Crippen LogP contribution in [0.2, 0.25) is 0 Å². The van der Waals surface area contributed by atoms with E-state index in [2.05, 4.69) is 16.1 Å². The third kappa shape index (κ3) is 2.30. The van der Waals surface area contributed by atoms with Gasteiger partial charge in [-0.3, -0.25) is 5.43 Å². The highest BCUT2D eigenvalue weighted by atomic mass is 16.5. The molecule has 96 valence electrons. The van der Waals surface area contributed by atoms with Crippen LogP contribution in [-0.4, -0.2) is 12.9 Å². The van der Waals surface area contributed by atoms with Crippen LogP contribution in [0.5, 0.6) is 5.75 Å². The van der Waals surface area contributed by atoms with Crippen LogP contribution in [-0.2, 0) is 0 Å². The number of nitrogens with one attached hydrogen (secondary N) is 2. The van der Waals surface area contributed by atoms with Gasteiger partial charge in [0.2, 0.25) is 0 Å². The van der Waals surface area contributed by atoms with Crippen molar-refractivity contribution < 1.29 is 4.74 Å². The van der Waals surface area contributed by atoms with Gasteiger partial charge >= 0.3 is 0 Å². The number of hydrogen-bond acceptors (Lipinski definition) is 5. The minimum atomic E-state index is 0.788. The van der Waals surface area contributed by atoms with Crippen molar-refractivity contribution in [3.05, 3.63) is 60.2 Å². The number of hydrogen-bond donors (Lipinski definition) is 2.